The maximum Gasteiger partial charge on any atom is 0.471 e. The summed E-state index contributed by atoms with van der Waals surface area (Å²) in [6.07, 6.45) is -5.76. The Bertz CT molecular complexity index is 574. The van der Waals surface area contributed by atoms with E-state index in [2.05, 4.69) is 15.4 Å². The molecule has 0 rings (SSSR count). The smallest absolute Gasteiger partial charge is 0.467 e. The molecule has 3 atom stereocenters. The summed E-state index contributed by atoms with van der Waals surface area (Å²) in [6.45, 7) is 5.03. The Kier molecular flexibility index (Phi) is 8.70. The summed E-state index contributed by atoms with van der Waals surface area (Å²) in [4.78, 5) is 46.5. The van der Waals surface area contributed by atoms with Gasteiger partial charge in [-0.25, -0.2) is 4.79 Å². The number of esters is 1. The molecule has 0 aromatic rings. The molecular weight excluding hydrogens is 375 g/mol. The number of amides is 3. The SMILES string of the molecule is COC(=O)[C@H](C)NC(=O)[C@H](C)NC(=O)[C@@H](CC(C)(C)O)NC(=O)C(F)(F)F. The number of aliphatic hydroxyl groups is 1. The molecule has 0 heterocycles. The van der Waals surface area contributed by atoms with Crippen molar-refractivity contribution in [1.82, 2.24) is 16.0 Å². The fourth-order valence-corrected chi connectivity index (χ4v) is 1.90. The lowest BCUT2D eigenvalue weighted by atomic mass is 9.98. The Morgan fingerprint density at radius 1 is 0.963 bits per heavy atom. The maximum absolute atomic E-state index is 12.4. The van der Waals surface area contributed by atoms with Gasteiger partial charge < -0.3 is 25.8 Å². The predicted octanol–water partition coefficient (Wildman–Crippen LogP) is -0.623. The average Bonchev–Trinajstić information content (AvgIpc) is 2.50. The standard InChI is InChI=1S/C15H24F3N3O6/c1-7(10(22)20-8(2)12(24)27-5)19-11(23)9(6-14(3,4)26)21-13(25)15(16,17)18/h7-9,26H,6H2,1-5H3,(H,19,23)(H,20,22)(H,21,25)/t7-,8-,9+/m0/s1. The van der Waals surface area contributed by atoms with Crippen LogP contribution in [0, 0.1) is 0 Å². The van der Waals surface area contributed by atoms with Crippen molar-refractivity contribution < 1.29 is 42.2 Å². The van der Waals surface area contributed by atoms with Crippen LogP contribution in [0.2, 0.25) is 0 Å². The Hall–Kier alpha value is -2.37. The van der Waals surface area contributed by atoms with Crippen LogP contribution in [-0.2, 0) is 23.9 Å². The van der Waals surface area contributed by atoms with Gasteiger partial charge in [0.25, 0.3) is 0 Å². The molecule has 0 aliphatic carbocycles. The summed E-state index contributed by atoms with van der Waals surface area (Å²) >= 11 is 0. The number of hydrogen-bond acceptors (Lipinski definition) is 6. The lowest BCUT2D eigenvalue weighted by Crippen LogP contribution is -2.57. The van der Waals surface area contributed by atoms with E-state index in [4.69, 9.17) is 0 Å². The second kappa shape index (κ2) is 9.53. The molecule has 9 nitrogen and oxygen atoms in total. The Labute approximate surface area is 154 Å². The van der Waals surface area contributed by atoms with E-state index in [9.17, 15) is 37.5 Å². The highest BCUT2D eigenvalue weighted by molar-refractivity contribution is 5.94. The van der Waals surface area contributed by atoms with Crippen molar-refractivity contribution in [2.24, 2.45) is 0 Å². The lowest BCUT2D eigenvalue weighted by molar-refractivity contribution is -0.175. The Morgan fingerprint density at radius 3 is 1.85 bits per heavy atom. The number of carbonyl (C=O) groups is 4. The van der Waals surface area contributed by atoms with Gasteiger partial charge in [-0.3, -0.25) is 14.4 Å². The van der Waals surface area contributed by atoms with Gasteiger partial charge in [0, 0.05) is 6.42 Å². The van der Waals surface area contributed by atoms with Crippen LogP contribution in [0.25, 0.3) is 0 Å². The summed E-state index contributed by atoms with van der Waals surface area (Å²) in [5.41, 5.74) is -1.58. The number of halogens is 3. The number of rotatable bonds is 8. The number of hydrogen-bond donors (Lipinski definition) is 4. The molecule has 156 valence electrons. The molecule has 0 saturated carbocycles. The van der Waals surface area contributed by atoms with Crippen molar-refractivity contribution in [3.05, 3.63) is 0 Å². The highest BCUT2D eigenvalue weighted by atomic mass is 19.4. The summed E-state index contributed by atoms with van der Waals surface area (Å²) in [6, 6.07) is -4.00. The van der Waals surface area contributed by atoms with Gasteiger partial charge in [0.05, 0.1) is 12.7 Å². The minimum Gasteiger partial charge on any atom is -0.467 e. The van der Waals surface area contributed by atoms with Crippen LogP contribution in [0.1, 0.15) is 34.1 Å². The molecule has 3 amide bonds. The first-order valence-electron chi connectivity index (χ1n) is 7.87. The van der Waals surface area contributed by atoms with Gasteiger partial charge in [-0.2, -0.15) is 13.2 Å². The van der Waals surface area contributed by atoms with Crippen molar-refractivity contribution >= 4 is 23.7 Å². The Balaban J connectivity index is 5.08. The van der Waals surface area contributed by atoms with E-state index in [1.165, 1.54) is 33.0 Å². The fraction of sp³-hybridized carbons (Fsp3) is 0.733. The lowest BCUT2D eigenvalue weighted by Gasteiger charge is -2.26. The van der Waals surface area contributed by atoms with Gasteiger partial charge in [-0.15, -0.1) is 0 Å². The number of nitrogens with one attached hydrogen (secondary N) is 3. The molecule has 0 radical (unpaired) electrons. The predicted molar refractivity (Wildman–Crippen MR) is 86.1 cm³/mol. The average molecular weight is 399 g/mol. The van der Waals surface area contributed by atoms with E-state index in [0.29, 0.717) is 0 Å². The minimum absolute atomic E-state index is 0.534. The third-order valence-electron chi connectivity index (χ3n) is 3.25. The first kappa shape index (κ1) is 24.6. The van der Waals surface area contributed by atoms with Gasteiger partial charge >= 0.3 is 18.1 Å². The zero-order valence-electron chi connectivity index (χ0n) is 15.6. The van der Waals surface area contributed by atoms with Crippen molar-refractivity contribution in [3.8, 4) is 0 Å². The quantitative estimate of drug-likeness (QED) is 0.402. The van der Waals surface area contributed by atoms with E-state index < -0.39 is 60.0 Å². The van der Waals surface area contributed by atoms with Crippen LogP contribution in [0.5, 0.6) is 0 Å². The number of alkyl halides is 3. The van der Waals surface area contributed by atoms with Crippen molar-refractivity contribution in [1.29, 1.82) is 0 Å². The summed E-state index contributed by atoms with van der Waals surface area (Å²) in [7, 11) is 1.11. The van der Waals surface area contributed by atoms with E-state index in [1.807, 2.05) is 0 Å². The highest BCUT2D eigenvalue weighted by Gasteiger charge is 2.42. The summed E-state index contributed by atoms with van der Waals surface area (Å²) in [5.74, 6) is -5.00. The second-order valence-electron chi connectivity index (χ2n) is 6.52. The first-order chi connectivity index (χ1) is 12.1. The normalized spacial score (nSPS) is 15.1. The molecule has 0 bridgehead atoms. The van der Waals surface area contributed by atoms with Crippen LogP contribution in [0.3, 0.4) is 0 Å². The van der Waals surface area contributed by atoms with E-state index in [1.54, 1.807) is 0 Å². The molecule has 0 spiro atoms. The van der Waals surface area contributed by atoms with Gasteiger partial charge in [-0.1, -0.05) is 0 Å². The molecule has 0 aromatic heterocycles. The fourth-order valence-electron chi connectivity index (χ4n) is 1.90. The number of methoxy groups -OCH3 is 1. The van der Waals surface area contributed by atoms with Gasteiger partial charge in [0.15, 0.2) is 0 Å². The first-order valence-corrected chi connectivity index (χ1v) is 7.87. The molecule has 27 heavy (non-hydrogen) atoms. The third kappa shape index (κ3) is 9.22. The van der Waals surface area contributed by atoms with E-state index >= 15 is 0 Å². The zero-order valence-corrected chi connectivity index (χ0v) is 15.6. The topological polar surface area (TPSA) is 134 Å². The van der Waals surface area contributed by atoms with Crippen LogP contribution in [0.4, 0.5) is 13.2 Å². The van der Waals surface area contributed by atoms with Crippen molar-refractivity contribution in [3.63, 3.8) is 0 Å². The van der Waals surface area contributed by atoms with Crippen LogP contribution in [-0.4, -0.2) is 65.8 Å². The second-order valence-corrected chi connectivity index (χ2v) is 6.52. The molecule has 4 N–H and O–H groups in total. The van der Waals surface area contributed by atoms with E-state index in [0.717, 1.165) is 7.11 Å². The largest absolute Gasteiger partial charge is 0.471 e. The molecule has 0 saturated heterocycles. The van der Waals surface area contributed by atoms with Crippen LogP contribution in [0.15, 0.2) is 0 Å². The number of carbonyl (C=O) groups excluding carboxylic acids is 4. The molecule has 0 aliphatic rings. The van der Waals surface area contributed by atoms with Crippen LogP contribution < -0.4 is 16.0 Å². The zero-order chi connectivity index (χ0) is 21.6. The van der Waals surface area contributed by atoms with Crippen molar-refractivity contribution in [2.45, 2.75) is 64.0 Å². The van der Waals surface area contributed by atoms with Crippen molar-refractivity contribution in [2.75, 3.05) is 7.11 Å². The monoisotopic (exact) mass is 399 g/mol. The van der Waals surface area contributed by atoms with Crippen LogP contribution >= 0.6 is 0 Å². The van der Waals surface area contributed by atoms with Gasteiger partial charge in [0.2, 0.25) is 11.8 Å². The van der Waals surface area contributed by atoms with Gasteiger partial charge in [0.1, 0.15) is 18.1 Å². The molecule has 12 heteroatoms. The number of ether oxygens (including phenoxy) is 1. The minimum atomic E-state index is -5.23. The summed E-state index contributed by atoms with van der Waals surface area (Å²) < 4.78 is 41.7. The summed E-state index contributed by atoms with van der Waals surface area (Å²) in [5, 5.41) is 15.6. The third-order valence-corrected chi connectivity index (χ3v) is 3.25. The molecule has 0 unspecified atom stereocenters. The maximum atomic E-state index is 12.4. The Morgan fingerprint density at radius 2 is 1.44 bits per heavy atom. The van der Waals surface area contributed by atoms with Gasteiger partial charge in [-0.05, 0) is 27.7 Å². The van der Waals surface area contributed by atoms with E-state index in [-0.39, 0.29) is 0 Å². The molecule has 0 aromatic carbocycles. The molecule has 0 fully saturated rings. The molecule has 0 aliphatic heterocycles. The molecular formula is C15H24F3N3O6. The highest BCUT2D eigenvalue weighted by Crippen LogP contribution is 2.17.